The summed E-state index contributed by atoms with van der Waals surface area (Å²) in [6.07, 6.45) is 7.22. The zero-order valence-corrected chi connectivity index (χ0v) is 15.2. The number of aromatic nitrogens is 4. The number of nitrogens with zero attached hydrogens (tertiary/aromatic N) is 4. The Morgan fingerprint density at radius 3 is 2.63 bits per heavy atom. The van der Waals surface area contributed by atoms with E-state index in [0.29, 0.717) is 28.9 Å². The van der Waals surface area contributed by atoms with E-state index >= 15 is 0 Å². The van der Waals surface area contributed by atoms with Crippen LogP contribution in [0.1, 0.15) is 50.1 Å². The fourth-order valence-corrected chi connectivity index (χ4v) is 3.72. The monoisotopic (exact) mass is 366 g/mol. The number of H-pyrrole nitrogens is 1. The van der Waals surface area contributed by atoms with Crippen molar-refractivity contribution < 1.29 is 4.39 Å². The van der Waals surface area contributed by atoms with Gasteiger partial charge in [0.25, 0.3) is 0 Å². The molecule has 1 saturated heterocycles. The Hall–Kier alpha value is -2.70. The van der Waals surface area contributed by atoms with Crippen molar-refractivity contribution in [1.29, 1.82) is 0 Å². The van der Waals surface area contributed by atoms with E-state index in [1.54, 1.807) is 6.07 Å². The predicted octanol–water partition coefficient (Wildman–Crippen LogP) is 4.49. The number of aromatic amines is 1. The lowest BCUT2D eigenvalue weighted by molar-refractivity contribution is 0.629. The Labute approximate surface area is 157 Å². The van der Waals surface area contributed by atoms with Crippen LogP contribution in [0.25, 0.3) is 10.9 Å². The first-order chi connectivity index (χ1) is 13.3. The van der Waals surface area contributed by atoms with Crippen LogP contribution in [-0.4, -0.2) is 33.3 Å². The molecule has 0 atom stereocenters. The summed E-state index contributed by atoms with van der Waals surface area (Å²) in [5.41, 5.74) is 1.89. The van der Waals surface area contributed by atoms with E-state index in [4.69, 9.17) is 9.97 Å². The van der Waals surface area contributed by atoms with Crippen molar-refractivity contribution in [3.63, 3.8) is 0 Å². The van der Waals surface area contributed by atoms with Gasteiger partial charge in [0.2, 0.25) is 5.95 Å². The minimum atomic E-state index is -0.294. The second kappa shape index (κ2) is 6.79. The van der Waals surface area contributed by atoms with Gasteiger partial charge in [-0.15, -0.1) is 0 Å². The normalized spacial score (nSPS) is 17.9. The molecule has 0 unspecified atom stereocenters. The summed E-state index contributed by atoms with van der Waals surface area (Å²) in [6.45, 7) is 1.92. The molecule has 1 aliphatic heterocycles. The molecule has 2 aromatic heterocycles. The van der Waals surface area contributed by atoms with Crippen molar-refractivity contribution in [2.24, 2.45) is 0 Å². The summed E-state index contributed by atoms with van der Waals surface area (Å²) in [4.78, 5) is 11.7. The van der Waals surface area contributed by atoms with Crippen molar-refractivity contribution in [3.8, 4) is 0 Å². The highest BCUT2D eigenvalue weighted by atomic mass is 19.1. The zero-order valence-electron chi connectivity index (χ0n) is 15.2. The van der Waals surface area contributed by atoms with Crippen molar-refractivity contribution in [3.05, 3.63) is 35.8 Å². The Bertz CT molecular complexity index is 956. The topological polar surface area (TPSA) is 69.7 Å². The van der Waals surface area contributed by atoms with E-state index in [0.717, 1.165) is 37.1 Å². The standard InChI is InChI=1S/C20H23FN6/c21-14-7-8-16-15(11-14)19(23-18-12-17(25-26-18)13-5-6-13)24-20(22-16)27-9-3-1-2-4-10-27/h7-8,11-13H,1-6,9-10H2,(H2,22,23,24,25,26). The first-order valence-corrected chi connectivity index (χ1v) is 9.81. The largest absolute Gasteiger partial charge is 0.341 e. The Kier molecular flexibility index (Phi) is 4.14. The molecule has 27 heavy (non-hydrogen) atoms. The molecule has 3 heterocycles. The van der Waals surface area contributed by atoms with E-state index in [1.807, 2.05) is 6.07 Å². The SMILES string of the molecule is Fc1ccc2nc(N3CCCCCC3)nc(Nc3cc(C4CC4)[nH]n3)c2c1. The van der Waals surface area contributed by atoms with Crippen LogP contribution in [0.3, 0.4) is 0 Å². The molecule has 0 bridgehead atoms. The molecule has 6 nitrogen and oxygen atoms in total. The van der Waals surface area contributed by atoms with Crippen LogP contribution in [0, 0.1) is 5.82 Å². The molecule has 3 aromatic rings. The highest BCUT2D eigenvalue weighted by Gasteiger charge is 2.25. The van der Waals surface area contributed by atoms with Crippen molar-refractivity contribution in [1.82, 2.24) is 20.2 Å². The summed E-state index contributed by atoms with van der Waals surface area (Å²) < 4.78 is 13.9. The second-order valence-corrected chi connectivity index (χ2v) is 7.54. The molecule has 7 heteroatoms. The highest BCUT2D eigenvalue weighted by Crippen LogP contribution is 2.40. The molecule has 0 amide bonds. The first-order valence-electron chi connectivity index (χ1n) is 9.81. The van der Waals surface area contributed by atoms with Crippen LogP contribution in [0.4, 0.5) is 22.0 Å². The smallest absolute Gasteiger partial charge is 0.227 e. The molecule has 1 aromatic carbocycles. The van der Waals surface area contributed by atoms with Crippen LogP contribution < -0.4 is 10.2 Å². The number of benzene rings is 1. The molecule has 2 fully saturated rings. The maximum absolute atomic E-state index is 13.9. The summed E-state index contributed by atoms with van der Waals surface area (Å²) in [6, 6.07) is 6.68. The number of fused-ring (bicyclic) bond motifs is 1. The molecule has 1 aliphatic carbocycles. The number of hydrogen-bond acceptors (Lipinski definition) is 5. The van der Waals surface area contributed by atoms with Gasteiger partial charge >= 0.3 is 0 Å². The minimum Gasteiger partial charge on any atom is -0.341 e. The van der Waals surface area contributed by atoms with E-state index in [2.05, 4.69) is 20.4 Å². The van der Waals surface area contributed by atoms with Crippen LogP contribution in [0.15, 0.2) is 24.3 Å². The molecule has 5 rings (SSSR count). The fourth-order valence-electron chi connectivity index (χ4n) is 3.72. The number of anilines is 3. The molecule has 0 radical (unpaired) electrons. The van der Waals surface area contributed by atoms with Gasteiger partial charge in [0.1, 0.15) is 11.6 Å². The molecule has 0 spiro atoms. The van der Waals surface area contributed by atoms with Gasteiger partial charge in [-0.05, 0) is 43.9 Å². The molecule has 140 valence electrons. The van der Waals surface area contributed by atoms with E-state index in [1.165, 1.54) is 37.8 Å². The van der Waals surface area contributed by atoms with Gasteiger partial charge in [0.05, 0.1) is 5.52 Å². The summed E-state index contributed by atoms with van der Waals surface area (Å²) >= 11 is 0. The van der Waals surface area contributed by atoms with Gasteiger partial charge in [0, 0.05) is 36.2 Å². The average Bonchev–Trinajstić information content (AvgIpc) is 3.47. The van der Waals surface area contributed by atoms with E-state index in [-0.39, 0.29) is 5.82 Å². The summed E-state index contributed by atoms with van der Waals surface area (Å²) in [5, 5.41) is 11.4. The Morgan fingerprint density at radius 2 is 1.85 bits per heavy atom. The number of nitrogens with one attached hydrogen (secondary N) is 2. The van der Waals surface area contributed by atoms with Gasteiger partial charge in [-0.2, -0.15) is 10.1 Å². The molecule has 1 saturated carbocycles. The van der Waals surface area contributed by atoms with Crippen LogP contribution in [0.5, 0.6) is 0 Å². The lowest BCUT2D eigenvalue weighted by atomic mass is 10.2. The van der Waals surface area contributed by atoms with E-state index in [9.17, 15) is 4.39 Å². The third-order valence-corrected chi connectivity index (χ3v) is 5.40. The number of rotatable bonds is 4. The van der Waals surface area contributed by atoms with E-state index < -0.39 is 0 Å². The molecular weight excluding hydrogens is 343 g/mol. The van der Waals surface area contributed by atoms with Gasteiger partial charge in [-0.1, -0.05) is 12.8 Å². The van der Waals surface area contributed by atoms with Gasteiger partial charge < -0.3 is 10.2 Å². The van der Waals surface area contributed by atoms with Crippen LogP contribution in [0.2, 0.25) is 0 Å². The summed E-state index contributed by atoms with van der Waals surface area (Å²) in [5.74, 6) is 2.32. The predicted molar refractivity (Wildman–Crippen MR) is 104 cm³/mol. The third kappa shape index (κ3) is 3.46. The van der Waals surface area contributed by atoms with Crippen molar-refractivity contribution >= 4 is 28.5 Å². The van der Waals surface area contributed by atoms with Gasteiger partial charge in [0.15, 0.2) is 5.82 Å². The number of halogens is 1. The fraction of sp³-hybridized carbons (Fsp3) is 0.450. The molecular formula is C20H23FN6. The Balaban J connectivity index is 1.53. The van der Waals surface area contributed by atoms with Gasteiger partial charge in [-0.25, -0.2) is 9.37 Å². The maximum Gasteiger partial charge on any atom is 0.227 e. The zero-order chi connectivity index (χ0) is 18.2. The average molecular weight is 366 g/mol. The van der Waals surface area contributed by atoms with Crippen LogP contribution in [-0.2, 0) is 0 Å². The maximum atomic E-state index is 13.9. The lowest BCUT2D eigenvalue weighted by Crippen LogP contribution is -2.26. The first kappa shape index (κ1) is 16.5. The second-order valence-electron chi connectivity index (χ2n) is 7.54. The quantitative estimate of drug-likeness (QED) is 0.712. The van der Waals surface area contributed by atoms with Crippen molar-refractivity contribution in [2.75, 3.05) is 23.3 Å². The molecule has 2 aliphatic rings. The molecule has 2 N–H and O–H groups in total. The highest BCUT2D eigenvalue weighted by molar-refractivity contribution is 5.91. The Morgan fingerprint density at radius 1 is 1.04 bits per heavy atom. The number of hydrogen-bond donors (Lipinski definition) is 2. The minimum absolute atomic E-state index is 0.294. The van der Waals surface area contributed by atoms with Crippen LogP contribution >= 0.6 is 0 Å². The van der Waals surface area contributed by atoms with Gasteiger partial charge in [-0.3, -0.25) is 5.10 Å². The third-order valence-electron chi connectivity index (χ3n) is 5.40. The lowest BCUT2D eigenvalue weighted by Gasteiger charge is -2.21. The summed E-state index contributed by atoms with van der Waals surface area (Å²) in [7, 11) is 0. The van der Waals surface area contributed by atoms with Crippen molar-refractivity contribution in [2.45, 2.75) is 44.4 Å².